The van der Waals surface area contributed by atoms with Crippen LogP contribution in [0.25, 0.3) is 0 Å². The van der Waals surface area contributed by atoms with E-state index in [-0.39, 0.29) is 0 Å². The Morgan fingerprint density at radius 1 is 1.31 bits per heavy atom. The third kappa shape index (κ3) is 4.69. The second-order valence-electron chi connectivity index (χ2n) is 5.84. The zero-order chi connectivity index (χ0) is 12.8. The molecule has 1 heteroatoms. The van der Waals surface area contributed by atoms with Crippen molar-refractivity contribution in [2.75, 3.05) is 6.54 Å². The Bertz CT molecular complexity index is 205. The van der Waals surface area contributed by atoms with Crippen molar-refractivity contribution in [2.45, 2.75) is 60.3 Å². The molecule has 0 aromatic heterocycles. The normalized spacial score (nSPS) is 15.9. The van der Waals surface area contributed by atoms with E-state index < -0.39 is 0 Å². The van der Waals surface area contributed by atoms with Crippen LogP contribution in [0.15, 0.2) is 12.2 Å². The summed E-state index contributed by atoms with van der Waals surface area (Å²) in [6.45, 7) is 16.3. The maximum Gasteiger partial charge on any atom is 0.0137 e. The predicted octanol–water partition coefficient (Wildman–Crippen LogP) is 4.38. The first-order chi connectivity index (χ1) is 7.38. The Morgan fingerprint density at radius 2 is 1.88 bits per heavy atom. The second-order valence-corrected chi connectivity index (χ2v) is 5.84. The number of rotatable bonds is 8. The van der Waals surface area contributed by atoms with E-state index in [1.54, 1.807) is 0 Å². The number of nitrogens with two attached hydrogens (primary N) is 1. The van der Waals surface area contributed by atoms with E-state index >= 15 is 0 Å². The molecular formula is C15H31N. The number of hydrogen-bond donors (Lipinski definition) is 1. The highest BCUT2D eigenvalue weighted by atomic mass is 14.5. The molecule has 0 aliphatic heterocycles. The van der Waals surface area contributed by atoms with Crippen molar-refractivity contribution < 1.29 is 0 Å². The van der Waals surface area contributed by atoms with E-state index in [0.29, 0.717) is 17.9 Å². The van der Waals surface area contributed by atoms with E-state index in [0.717, 1.165) is 5.92 Å². The molecule has 0 heterocycles. The van der Waals surface area contributed by atoms with Gasteiger partial charge in [-0.3, -0.25) is 0 Å². The summed E-state index contributed by atoms with van der Waals surface area (Å²) in [6.07, 6.45) is 5.22. The summed E-state index contributed by atoms with van der Waals surface area (Å²) in [4.78, 5) is 0. The molecule has 0 radical (unpaired) electrons. The molecule has 0 saturated carbocycles. The van der Waals surface area contributed by atoms with Crippen molar-refractivity contribution in [3.8, 4) is 0 Å². The Labute approximate surface area is 102 Å². The lowest BCUT2D eigenvalue weighted by Crippen LogP contribution is -2.28. The molecule has 0 spiro atoms. The zero-order valence-corrected chi connectivity index (χ0v) is 12.0. The molecule has 0 rings (SSSR count). The minimum absolute atomic E-state index is 0.326. The molecule has 1 nitrogen and oxygen atoms in total. The maximum absolute atomic E-state index is 5.69. The van der Waals surface area contributed by atoms with Crippen LogP contribution in [0.4, 0.5) is 0 Å². The predicted molar refractivity (Wildman–Crippen MR) is 74.4 cm³/mol. The van der Waals surface area contributed by atoms with Gasteiger partial charge in [-0.2, -0.15) is 0 Å². The van der Waals surface area contributed by atoms with Gasteiger partial charge in [0.1, 0.15) is 0 Å². The average molecular weight is 225 g/mol. The summed E-state index contributed by atoms with van der Waals surface area (Å²) in [5.41, 5.74) is 7.21. The molecule has 2 unspecified atom stereocenters. The summed E-state index contributed by atoms with van der Waals surface area (Å²) < 4.78 is 0. The van der Waals surface area contributed by atoms with E-state index in [4.69, 9.17) is 5.73 Å². The maximum atomic E-state index is 5.69. The third-order valence-corrected chi connectivity index (χ3v) is 4.14. The van der Waals surface area contributed by atoms with Gasteiger partial charge in [-0.25, -0.2) is 0 Å². The van der Waals surface area contributed by atoms with Crippen molar-refractivity contribution in [3.05, 3.63) is 12.2 Å². The van der Waals surface area contributed by atoms with Gasteiger partial charge in [-0.15, -0.1) is 0 Å². The van der Waals surface area contributed by atoms with Crippen LogP contribution in [0.5, 0.6) is 0 Å². The summed E-state index contributed by atoms with van der Waals surface area (Å²) in [5, 5.41) is 0. The molecule has 0 amide bonds. The zero-order valence-electron chi connectivity index (χ0n) is 12.0. The van der Waals surface area contributed by atoms with Gasteiger partial charge in [0, 0.05) is 6.54 Å². The average Bonchev–Trinajstić information content (AvgIpc) is 2.26. The first kappa shape index (κ1) is 15.7. The largest absolute Gasteiger partial charge is 0.327 e. The van der Waals surface area contributed by atoms with Crippen molar-refractivity contribution in [1.82, 2.24) is 0 Å². The first-order valence-electron chi connectivity index (χ1n) is 6.76. The lowest BCUT2D eigenvalue weighted by molar-refractivity contribution is 0.188. The van der Waals surface area contributed by atoms with Crippen LogP contribution in [-0.2, 0) is 0 Å². The van der Waals surface area contributed by atoms with Crippen LogP contribution in [0.1, 0.15) is 60.3 Å². The summed E-state index contributed by atoms with van der Waals surface area (Å²) in [5.74, 6) is 1.37. The highest BCUT2D eigenvalue weighted by Gasteiger charge is 2.29. The molecule has 0 aliphatic rings. The monoisotopic (exact) mass is 225 g/mol. The topological polar surface area (TPSA) is 26.0 Å². The molecule has 2 N–H and O–H groups in total. The summed E-state index contributed by atoms with van der Waals surface area (Å²) in [7, 11) is 0. The Kier molecular flexibility index (Phi) is 6.98. The van der Waals surface area contributed by atoms with Gasteiger partial charge in [0.05, 0.1) is 0 Å². The van der Waals surface area contributed by atoms with Crippen molar-refractivity contribution in [2.24, 2.45) is 23.0 Å². The quantitative estimate of drug-likeness (QED) is 0.610. The van der Waals surface area contributed by atoms with Gasteiger partial charge < -0.3 is 5.73 Å². The minimum Gasteiger partial charge on any atom is -0.327 e. The summed E-state index contributed by atoms with van der Waals surface area (Å²) in [6, 6.07) is 0. The smallest absolute Gasteiger partial charge is 0.0137 e. The molecule has 0 aromatic carbocycles. The molecule has 16 heavy (non-hydrogen) atoms. The SMILES string of the molecule is C=C(CN)C(C)C(C)(C)CC(CC)CCC. The molecule has 0 aromatic rings. The van der Waals surface area contributed by atoms with E-state index in [2.05, 4.69) is 41.2 Å². The van der Waals surface area contributed by atoms with Gasteiger partial charge in [-0.1, -0.05) is 66.0 Å². The van der Waals surface area contributed by atoms with E-state index in [9.17, 15) is 0 Å². The van der Waals surface area contributed by atoms with Gasteiger partial charge in [0.2, 0.25) is 0 Å². The Balaban J connectivity index is 4.46. The van der Waals surface area contributed by atoms with Crippen LogP contribution >= 0.6 is 0 Å². The molecule has 0 saturated heterocycles. The van der Waals surface area contributed by atoms with Crippen molar-refractivity contribution in [3.63, 3.8) is 0 Å². The van der Waals surface area contributed by atoms with Gasteiger partial charge >= 0.3 is 0 Å². The van der Waals surface area contributed by atoms with E-state index in [1.807, 2.05) is 0 Å². The summed E-state index contributed by atoms with van der Waals surface area (Å²) >= 11 is 0. The molecule has 0 aliphatic carbocycles. The minimum atomic E-state index is 0.326. The highest BCUT2D eigenvalue weighted by molar-refractivity contribution is 5.05. The molecular weight excluding hydrogens is 194 g/mol. The van der Waals surface area contributed by atoms with E-state index in [1.165, 1.54) is 31.3 Å². The van der Waals surface area contributed by atoms with Crippen LogP contribution in [-0.4, -0.2) is 6.54 Å². The lowest BCUT2D eigenvalue weighted by Gasteiger charge is -2.36. The Morgan fingerprint density at radius 3 is 2.25 bits per heavy atom. The van der Waals surface area contributed by atoms with Crippen LogP contribution in [0.3, 0.4) is 0 Å². The fourth-order valence-corrected chi connectivity index (χ4v) is 2.51. The highest BCUT2D eigenvalue weighted by Crippen LogP contribution is 2.39. The molecule has 0 fully saturated rings. The Hall–Kier alpha value is -0.300. The van der Waals surface area contributed by atoms with Gasteiger partial charge in [0.25, 0.3) is 0 Å². The third-order valence-electron chi connectivity index (χ3n) is 4.14. The fraction of sp³-hybridized carbons (Fsp3) is 0.867. The standard InChI is InChI=1S/C15H31N/c1-7-9-14(8-2)10-15(5,6)13(4)12(3)11-16/h13-14H,3,7-11,16H2,1-2,4-6H3. The number of hydrogen-bond acceptors (Lipinski definition) is 1. The van der Waals surface area contributed by atoms with Crippen LogP contribution in [0, 0.1) is 17.3 Å². The van der Waals surface area contributed by atoms with Crippen LogP contribution in [0.2, 0.25) is 0 Å². The lowest BCUT2D eigenvalue weighted by atomic mass is 9.70. The molecule has 0 bridgehead atoms. The fourth-order valence-electron chi connectivity index (χ4n) is 2.51. The van der Waals surface area contributed by atoms with Gasteiger partial charge in [0.15, 0.2) is 0 Å². The van der Waals surface area contributed by atoms with Crippen molar-refractivity contribution >= 4 is 0 Å². The first-order valence-corrected chi connectivity index (χ1v) is 6.76. The van der Waals surface area contributed by atoms with Crippen LogP contribution < -0.4 is 5.73 Å². The second kappa shape index (κ2) is 7.11. The van der Waals surface area contributed by atoms with Crippen molar-refractivity contribution in [1.29, 1.82) is 0 Å². The molecule has 2 atom stereocenters. The van der Waals surface area contributed by atoms with Gasteiger partial charge in [-0.05, 0) is 23.7 Å². The molecule has 96 valence electrons.